The lowest BCUT2D eigenvalue weighted by Gasteiger charge is -2.18. The number of carbonyl (C=O) groups excluding carboxylic acids is 1. The molecule has 0 N–H and O–H groups in total. The van der Waals surface area contributed by atoms with Gasteiger partial charge in [0.15, 0.2) is 16.6 Å². The van der Waals surface area contributed by atoms with Crippen molar-refractivity contribution >= 4 is 51.1 Å². The second kappa shape index (κ2) is 10.1. The van der Waals surface area contributed by atoms with E-state index < -0.39 is 0 Å². The predicted molar refractivity (Wildman–Crippen MR) is 132 cm³/mol. The summed E-state index contributed by atoms with van der Waals surface area (Å²) in [7, 11) is 0. The largest absolute Gasteiger partial charge is 0.454 e. The number of thiazole rings is 1. The molecule has 170 valence electrons. The molecule has 0 fully saturated rings. The van der Waals surface area contributed by atoms with Crippen LogP contribution in [0.1, 0.15) is 17.5 Å². The van der Waals surface area contributed by atoms with Gasteiger partial charge < -0.3 is 14.0 Å². The van der Waals surface area contributed by atoms with Crippen molar-refractivity contribution in [3.05, 3.63) is 72.3 Å². The fraction of sp³-hybridized carbons (Fsp3) is 0.208. The fourth-order valence-electron chi connectivity index (χ4n) is 3.59. The van der Waals surface area contributed by atoms with Crippen LogP contribution in [0.15, 0.2) is 61.2 Å². The number of aromatic nitrogens is 3. The Morgan fingerprint density at radius 3 is 2.94 bits per heavy atom. The van der Waals surface area contributed by atoms with E-state index in [1.54, 1.807) is 29.6 Å². The van der Waals surface area contributed by atoms with E-state index in [1.807, 2.05) is 54.1 Å². The molecule has 0 bridgehead atoms. The van der Waals surface area contributed by atoms with Crippen molar-refractivity contribution in [3.8, 4) is 11.5 Å². The molecule has 9 heteroatoms. The lowest BCUT2D eigenvalue weighted by molar-refractivity contribution is -0.114. The van der Waals surface area contributed by atoms with Crippen molar-refractivity contribution in [2.45, 2.75) is 19.9 Å². The first-order chi connectivity index (χ1) is 15.7. The summed E-state index contributed by atoms with van der Waals surface area (Å²) in [5, 5.41) is 0.709. The highest BCUT2D eigenvalue weighted by Gasteiger charge is 2.19. The van der Waals surface area contributed by atoms with Gasteiger partial charge in [-0.25, -0.2) is 9.97 Å². The molecule has 0 saturated heterocycles. The lowest BCUT2D eigenvalue weighted by Crippen LogP contribution is -2.30. The monoisotopic (exact) mass is 482 g/mol. The molecule has 0 aliphatic carbocycles. The van der Waals surface area contributed by atoms with Crippen LogP contribution >= 0.6 is 23.7 Å². The molecule has 1 amide bonds. The number of anilines is 1. The smallest absolute Gasteiger partial charge is 0.252 e. The van der Waals surface area contributed by atoms with Gasteiger partial charge in [-0.05, 0) is 48.7 Å². The third-order valence-electron chi connectivity index (χ3n) is 5.28. The average Bonchev–Trinajstić information content (AvgIpc) is 3.55. The Kier molecular flexibility index (Phi) is 6.96. The number of rotatable bonds is 7. The molecular weight excluding hydrogens is 460 g/mol. The van der Waals surface area contributed by atoms with E-state index in [9.17, 15) is 4.79 Å². The van der Waals surface area contributed by atoms with Crippen molar-refractivity contribution < 1.29 is 14.3 Å². The summed E-state index contributed by atoms with van der Waals surface area (Å²) < 4.78 is 13.9. The quantitative estimate of drug-likeness (QED) is 0.343. The number of amides is 1. The van der Waals surface area contributed by atoms with Gasteiger partial charge in [0, 0.05) is 31.6 Å². The van der Waals surface area contributed by atoms with Gasteiger partial charge in [-0.3, -0.25) is 9.69 Å². The van der Waals surface area contributed by atoms with Gasteiger partial charge in [-0.2, -0.15) is 0 Å². The maximum absolute atomic E-state index is 13.2. The van der Waals surface area contributed by atoms with Crippen molar-refractivity contribution in [1.82, 2.24) is 14.5 Å². The maximum Gasteiger partial charge on any atom is 0.252 e. The molecule has 3 heterocycles. The van der Waals surface area contributed by atoms with Crippen LogP contribution in [0.2, 0.25) is 0 Å². The number of aryl methyl sites for hydroxylation is 2. The molecule has 5 rings (SSSR count). The second-order valence-electron chi connectivity index (χ2n) is 7.51. The minimum atomic E-state index is -0.106. The second-order valence-corrected chi connectivity index (χ2v) is 8.52. The molecule has 0 unspecified atom stereocenters. The van der Waals surface area contributed by atoms with Crippen LogP contribution < -0.4 is 14.4 Å². The normalized spacial score (nSPS) is 12.3. The Bertz CT molecular complexity index is 1290. The summed E-state index contributed by atoms with van der Waals surface area (Å²) in [4.78, 5) is 23.9. The van der Waals surface area contributed by atoms with E-state index >= 15 is 0 Å². The molecule has 0 atom stereocenters. The van der Waals surface area contributed by atoms with Crippen molar-refractivity contribution in [1.29, 1.82) is 0 Å². The molecule has 0 saturated carbocycles. The molecule has 1 aliphatic heterocycles. The first-order valence-corrected chi connectivity index (χ1v) is 11.2. The van der Waals surface area contributed by atoms with Crippen LogP contribution in [0, 0.1) is 6.92 Å². The van der Waals surface area contributed by atoms with E-state index in [0.717, 1.165) is 40.1 Å². The molecule has 33 heavy (non-hydrogen) atoms. The zero-order valence-electron chi connectivity index (χ0n) is 18.0. The number of ether oxygens (including phenoxy) is 2. The minimum absolute atomic E-state index is 0. The third kappa shape index (κ3) is 5.02. The number of hydrogen-bond acceptors (Lipinski definition) is 6. The molecule has 2 aromatic heterocycles. The van der Waals surface area contributed by atoms with Crippen molar-refractivity contribution in [2.24, 2.45) is 0 Å². The van der Waals surface area contributed by atoms with Crippen molar-refractivity contribution in [3.63, 3.8) is 0 Å². The van der Waals surface area contributed by atoms with E-state index in [4.69, 9.17) is 14.5 Å². The van der Waals surface area contributed by atoms with Gasteiger partial charge in [-0.15, -0.1) is 12.4 Å². The molecule has 7 nitrogen and oxygen atoms in total. The molecule has 4 aromatic rings. The SMILES string of the molecule is Cc1cccc2sc(N(CCCn3ccnc3)C(=O)/C=C/c3ccc4c(c3)OCO4)nc12.Cl. The van der Waals surface area contributed by atoms with Crippen molar-refractivity contribution in [2.75, 3.05) is 18.2 Å². The summed E-state index contributed by atoms with van der Waals surface area (Å²) in [6.45, 7) is 3.60. The van der Waals surface area contributed by atoms with Crippen LogP contribution in [0.5, 0.6) is 11.5 Å². The molecule has 0 radical (unpaired) electrons. The van der Waals surface area contributed by atoms with E-state index in [1.165, 1.54) is 11.3 Å². The topological polar surface area (TPSA) is 69.5 Å². The Morgan fingerprint density at radius 1 is 1.24 bits per heavy atom. The summed E-state index contributed by atoms with van der Waals surface area (Å²) in [5.74, 6) is 1.31. The van der Waals surface area contributed by atoms with E-state index in [-0.39, 0.29) is 25.1 Å². The Labute approximate surface area is 201 Å². The third-order valence-corrected chi connectivity index (χ3v) is 6.32. The number of para-hydroxylation sites is 1. The van der Waals surface area contributed by atoms with Crippen LogP contribution in [0.25, 0.3) is 16.3 Å². The van der Waals surface area contributed by atoms with Gasteiger partial charge in [0.05, 0.1) is 16.5 Å². The zero-order chi connectivity index (χ0) is 21.9. The number of fused-ring (bicyclic) bond motifs is 2. The lowest BCUT2D eigenvalue weighted by atomic mass is 10.2. The number of carbonyl (C=O) groups is 1. The molecule has 0 spiro atoms. The number of imidazole rings is 1. The highest BCUT2D eigenvalue weighted by molar-refractivity contribution is 7.22. The predicted octanol–water partition coefficient (Wildman–Crippen LogP) is 5.09. The highest BCUT2D eigenvalue weighted by Crippen LogP contribution is 2.33. The Hall–Kier alpha value is -3.36. The first-order valence-electron chi connectivity index (χ1n) is 10.4. The zero-order valence-corrected chi connectivity index (χ0v) is 19.6. The van der Waals surface area contributed by atoms with E-state index in [0.29, 0.717) is 17.4 Å². The number of halogens is 1. The molecular formula is C24H23ClN4O3S. The first kappa shape index (κ1) is 22.8. The summed E-state index contributed by atoms with van der Waals surface area (Å²) in [5.41, 5.74) is 2.92. The molecule has 2 aromatic carbocycles. The van der Waals surface area contributed by atoms with E-state index in [2.05, 4.69) is 4.98 Å². The number of benzene rings is 2. The van der Waals surface area contributed by atoms with Gasteiger partial charge in [0.25, 0.3) is 5.91 Å². The summed E-state index contributed by atoms with van der Waals surface area (Å²) in [6, 6.07) is 11.7. The fourth-order valence-corrected chi connectivity index (χ4v) is 4.67. The van der Waals surface area contributed by atoms with Gasteiger partial charge >= 0.3 is 0 Å². The molecule has 1 aliphatic rings. The van der Waals surface area contributed by atoms with Crippen LogP contribution in [-0.2, 0) is 11.3 Å². The van der Waals surface area contributed by atoms with Crippen LogP contribution in [0.4, 0.5) is 5.13 Å². The number of hydrogen-bond donors (Lipinski definition) is 0. The van der Waals surface area contributed by atoms with Gasteiger partial charge in [0.1, 0.15) is 0 Å². The van der Waals surface area contributed by atoms with Crippen LogP contribution in [0.3, 0.4) is 0 Å². The average molecular weight is 483 g/mol. The maximum atomic E-state index is 13.2. The summed E-state index contributed by atoms with van der Waals surface area (Å²) >= 11 is 1.54. The standard InChI is InChI=1S/C24H22N4O3S.ClH/c1-17-4-2-5-21-23(17)26-24(32-21)28(12-3-11-27-13-10-25-15-27)22(29)9-7-18-6-8-19-20(14-18)31-16-30-19;/h2,4-10,13-15H,3,11-12,16H2,1H3;1H/b9-7+;. The Balaban J connectivity index is 0.00000259. The number of nitrogens with zero attached hydrogens (tertiary/aromatic N) is 4. The Morgan fingerprint density at radius 2 is 2.12 bits per heavy atom. The summed E-state index contributed by atoms with van der Waals surface area (Å²) in [6.07, 6.45) is 9.64. The minimum Gasteiger partial charge on any atom is -0.454 e. The van der Waals surface area contributed by atoms with Gasteiger partial charge in [-0.1, -0.05) is 29.5 Å². The highest BCUT2D eigenvalue weighted by atomic mass is 35.5. The van der Waals surface area contributed by atoms with Crippen LogP contribution in [-0.4, -0.2) is 33.8 Å². The van der Waals surface area contributed by atoms with Gasteiger partial charge in [0.2, 0.25) is 6.79 Å².